The zero-order chi connectivity index (χ0) is 27.1. The minimum absolute atomic E-state index is 0.0320. The zero-order valence-corrected chi connectivity index (χ0v) is 22.0. The first-order valence-electron chi connectivity index (χ1n) is 12.9. The fourth-order valence-corrected chi connectivity index (χ4v) is 4.73. The zero-order valence-electron chi connectivity index (χ0n) is 22.0. The largest absolute Gasteiger partial charge is 0.444 e. The first-order valence-corrected chi connectivity index (χ1v) is 12.9. The van der Waals surface area contributed by atoms with E-state index in [2.05, 4.69) is 15.4 Å². The van der Waals surface area contributed by atoms with Crippen molar-refractivity contribution in [2.75, 3.05) is 18.4 Å². The lowest BCUT2D eigenvalue weighted by Gasteiger charge is -2.36. The molecule has 0 aromatic carbocycles. The number of piperidine rings is 1. The van der Waals surface area contributed by atoms with Crippen LogP contribution in [0.1, 0.15) is 27.2 Å². The quantitative estimate of drug-likeness (QED) is 0.355. The highest BCUT2D eigenvalue weighted by Gasteiger charge is 2.33. The minimum atomic E-state index is -1.26. The number of nitrogens with one attached hydrogen (secondary N) is 1. The maximum atomic E-state index is 15.1. The maximum Gasteiger partial charge on any atom is 0.410 e. The molecule has 39 heavy (non-hydrogen) atoms. The number of halogens is 1. The molecule has 0 bridgehead atoms. The van der Waals surface area contributed by atoms with E-state index in [1.807, 2.05) is 53.2 Å². The number of pyridine rings is 2. The highest BCUT2D eigenvalue weighted by molar-refractivity contribution is 5.78. The summed E-state index contributed by atoms with van der Waals surface area (Å²) in [7, 11) is 0. The first-order chi connectivity index (χ1) is 18.7. The van der Waals surface area contributed by atoms with Crippen LogP contribution >= 0.6 is 0 Å². The molecule has 11 heteroatoms. The average molecular weight is 529 g/mol. The Kier molecular flexibility index (Phi) is 6.13. The summed E-state index contributed by atoms with van der Waals surface area (Å²) in [6.45, 7) is 5.76. The van der Waals surface area contributed by atoms with Crippen molar-refractivity contribution >= 4 is 23.1 Å². The number of amides is 1. The summed E-state index contributed by atoms with van der Waals surface area (Å²) >= 11 is 0. The third kappa shape index (κ3) is 4.99. The van der Waals surface area contributed by atoms with Gasteiger partial charge in [-0.1, -0.05) is 12.1 Å². The summed E-state index contributed by atoms with van der Waals surface area (Å²) in [5.74, 6) is 0.541. The topological polar surface area (TPSA) is 102 Å². The maximum absolute atomic E-state index is 15.1. The van der Waals surface area contributed by atoms with Crippen molar-refractivity contribution in [3.05, 3.63) is 67.1 Å². The molecule has 5 aromatic heterocycles. The average Bonchev–Trinajstić information content (AvgIpc) is 3.53. The molecule has 0 radical (unpaired) electrons. The second kappa shape index (κ2) is 9.64. The Labute approximate surface area is 224 Å². The number of aromatic nitrogens is 6. The van der Waals surface area contributed by atoms with Crippen LogP contribution < -0.4 is 5.32 Å². The van der Waals surface area contributed by atoms with Gasteiger partial charge in [0.05, 0.1) is 41.9 Å². The summed E-state index contributed by atoms with van der Waals surface area (Å²) in [5, 5.41) is 12.5. The molecular formula is C28H29FN8O2. The molecule has 0 saturated carbocycles. The lowest BCUT2D eigenvalue weighted by atomic mass is 10.0. The van der Waals surface area contributed by atoms with Crippen molar-refractivity contribution in [2.24, 2.45) is 0 Å². The van der Waals surface area contributed by atoms with E-state index >= 15 is 4.39 Å². The number of anilines is 1. The van der Waals surface area contributed by atoms with Crippen LogP contribution in [0.5, 0.6) is 0 Å². The monoisotopic (exact) mass is 528 g/mol. The van der Waals surface area contributed by atoms with E-state index in [0.717, 1.165) is 16.8 Å². The molecule has 1 aliphatic rings. The number of fused-ring (bicyclic) bond motifs is 2. The Balaban J connectivity index is 1.22. The third-order valence-electron chi connectivity index (χ3n) is 6.60. The van der Waals surface area contributed by atoms with Gasteiger partial charge in [0, 0.05) is 18.3 Å². The molecule has 0 unspecified atom stereocenters. The van der Waals surface area contributed by atoms with Gasteiger partial charge in [0.15, 0.2) is 5.65 Å². The number of ether oxygens (including phenoxy) is 1. The number of nitrogens with zero attached hydrogens (tertiary/aromatic N) is 7. The number of carbonyl (C=O) groups is 1. The molecule has 2 atom stereocenters. The van der Waals surface area contributed by atoms with E-state index in [1.54, 1.807) is 43.7 Å². The van der Waals surface area contributed by atoms with Gasteiger partial charge in [-0.3, -0.25) is 0 Å². The number of carbonyl (C=O) groups excluding carboxylic acids is 1. The second-order valence-corrected chi connectivity index (χ2v) is 10.6. The molecule has 5 aromatic rings. The van der Waals surface area contributed by atoms with Gasteiger partial charge in [0.2, 0.25) is 0 Å². The Morgan fingerprint density at radius 1 is 1.08 bits per heavy atom. The Hall–Kier alpha value is -4.54. The number of hydrogen-bond donors (Lipinski definition) is 1. The molecular weight excluding hydrogens is 499 g/mol. The number of imidazole rings is 1. The normalized spacial score (nSPS) is 18.0. The van der Waals surface area contributed by atoms with Crippen LogP contribution in [0.4, 0.5) is 15.0 Å². The van der Waals surface area contributed by atoms with E-state index in [0.29, 0.717) is 35.8 Å². The number of likely N-dealkylation sites (tertiary alicyclic amines) is 1. The molecule has 1 amide bonds. The molecule has 1 saturated heterocycles. The van der Waals surface area contributed by atoms with Crippen LogP contribution in [-0.4, -0.2) is 71.1 Å². The smallest absolute Gasteiger partial charge is 0.410 e. The molecule has 0 spiro atoms. The van der Waals surface area contributed by atoms with Crippen LogP contribution in [0.15, 0.2) is 67.1 Å². The van der Waals surface area contributed by atoms with Gasteiger partial charge in [0.25, 0.3) is 0 Å². The van der Waals surface area contributed by atoms with Gasteiger partial charge in [0.1, 0.15) is 23.3 Å². The van der Waals surface area contributed by atoms with Gasteiger partial charge in [-0.05, 0) is 63.6 Å². The number of rotatable bonds is 4. The lowest BCUT2D eigenvalue weighted by Crippen LogP contribution is -2.51. The van der Waals surface area contributed by atoms with Gasteiger partial charge in [-0.2, -0.15) is 10.2 Å². The highest BCUT2D eigenvalue weighted by Crippen LogP contribution is 2.26. The Morgan fingerprint density at radius 2 is 1.95 bits per heavy atom. The van der Waals surface area contributed by atoms with Crippen molar-refractivity contribution in [2.45, 2.75) is 45.0 Å². The summed E-state index contributed by atoms with van der Waals surface area (Å²) in [6, 6.07) is 14.8. The van der Waals surface area contributed by atoms with Crippen LogP contribution in [0, 0.1) is 0 Å². The highest BCUT2D eigenvalue weighted by atomic mass is 19.1. The van der Waals surface area contributed by atoms with E-state index in [9.17, 15) is 4.79 Å². The molecule has 1 N–H and O–H groups in total. The second-order valence-electron chi connectivity index (χ2n) is 10.6. The molecule has 6 heterocycles. The van der Waals surface area contributed by atoms with Crippen molar-refractivity contribution in [1.82, 2.24) is 34.1 Å². The standard InChI is InChI=1S/C28H29FN8O2/c1-28(2,3)39-27(38)35-14-12-21(19(29)17-35)32-25-9-6-7-22(33-25)24-16-30-26-11-10-20(34-37(24)26)18-15-31-36-13-5-4-8-23(18)36/h4-11,13,15-16,19,21H,12,14,17H2,1-3H3,(H,32,33)/t19-,21-/m0/s1. The van der Waals surface area contributed by atoms with Crippen LogP contribution in [0.2, 0.25) is 0 Å². The summed E-state index contributed by atoms with van der Waals surface area (Å²) in [6.07, 6.45) is 4.10. The molecule has 10 nitrogen and oxygen atoms in total. The van der Waals surface area contributed by atoms with E-state index in [1.165, 1.54) is 4.90 Å². The summed E-state index contributed by atoms with van der Waals surface area (Å²) in [5.41, 5.74) is 4.05. The van der Waals surface area contributed by atoms with Crippen molar-refractivity contribution in [3.63, 3.8) is 0 Å². The molecule has 200 valence electrons. The van der Waals surface area contributed by atoms with Gasteiger partial charge < -0.3 is 15.0 Å². The summed E-state index contributed by atoms with van der Waals surface area (Å²) < 4.78 is 24.0. The molecule has 0 aliphatic carbocycles. The van der Waals surface area contributed by atoms with E-state index < -0.39 is 23.9 Å². The Bertz CT molecular complexity index is 1660. The molecule has 6 rings (SSSR count). The van der Waals surface area contributed by atoms with Crippen molar-refractivity contribution in [3.8, 4) is 22.6 Å². The fourth-order valence-electron chi connectivity index (χ4n) is 4.73. The molecule has 1 aliphatic heterocycles. The van der Waals surface area contributed by atoms with Crippen molar-refractivity contribution in [1.29, 1.82) is 0 Å². The first kappa shape index (κ1) is 24.8. The van der Waals surface area contributed by atoms with Gasteiger partial charge in [-0.25, -0.2) is 28.2 Å². The third-order valence-corrected chi connectivity index (χ3v) is 6.60. The van der Waals surface area contributed by atoms with Crippen molar-refractivity contribution < 1.29 is 13.9 Å². The fraction of sp³-hybridized carbons (Fsp3) is 0.321. The van der Waals surface area contributed by atoms with Gasteiger partial charge >= 0.3 is 6.09 Å². The SMILES string of the molecule is CC(C)(C)OC(=O)N1CC[C@H](Nc2cccc(-c3cnc4ccc(-c5cnn6ccccc56)nn34)n2)[C@@H](F)C1. The predicted molar refractivity (Wildman–Crippen MR) is 145 cm³/mol. The van der Waals surface area contributed by atoms with Crippen LogP contribution in [-0.2, 0) is 4.74 Å². The van der Waals surface area contributed by atoms with E-state index in [-0.39, 0.29) is 6.54 Å². The number of alkyl halides is 1. The predicted octanol–water partition coefficient (Wildman–Crippen LogP) is 4.87. The van der Waals surface area contributed by atoms with Crippen LogP contribution in [0.3, 0.4) is 0 Å². The van der Waals surface area contributed by atoms with Crippen LogP contribution in [0.25, 0.3) is 33.8 Å². The lowest BCUT2D eigenvalue weighted by molar-refractivity contribution is 0.0125. The Morgan fingerprint density at radius 3 is 2.77 bits per heavy atom. The minimum Gasteiger partial charge on any atom is -0.444 e. The number of hydrogen-bond acceptors (Lipinski definition) is 7. The summed E-state index contributed by atoms with van der Waals surface area (Å²) in [4.78, 5) is 23.0. The van der Waals surface area contributed by atoms with E-state index in [4.69, 9.17) is 14.8 Å². The van der Waals surface area contributed by atoms with Gasteiger partial charge in [-0.15, -0.1) is 0 Å². The molecule has 1 fully saturated rings.